The molecule has 1 unspecified atom stereocenters. The predicted octanol–water partition coefficient (Wildman–Crippen LogP) is 3.59. The number of aliphatic hydroxyl groups excluding tert-OH is 1. The lowest BCUT2D eigenvalue weighted by Gasteiger charge is -2.28. The van der Waals surface area contributed by atoms with E-state index < -0.39 is 12.1 Å². The number of hydrogen-bond acceptors (Lipinski definition) is 5. The van der Waals surface area contributed by atoms with Crippen molar-refractivity contribution in [3.63, 3.8) is 0 Å². The normalized spacial score (nSPS) is 34.9. The number of rotatable bonds is 1. The lowest BCUT2D eigenvalue weighted by atomic mass is 9.99. The van der Waals surface area contributed by atoms with Crippen LogP contribution in [0.3, 0.4) is 0 Å². The van der Waals surface area contributed by atoms with Crippen molar-refractivity contribution in [1.29, 1.82) is 0 Å². The van der Waals surface area contributed by atoms with Crippen LogP contribution in [0, 0.1) is 0 Å². The maximum absolute atomic E-state index is 12.0. The van der Waals surface area contributed by atoms with Crippen LogP contribution in [-0.2, 0) is 19.1 Å². The number of ether oxygens (including phenoxy) is 2. The Labute approximate surface area is 161 Å². The lowest BCUT2D eigenvalue weighted by Crippen LogP contribution is -2.26. The fraction of sp³-hybridized carbons (Fsp3) is 0.545. The average molecular weight is 374 g/mol. The summed E-state index contributed by atoms with van der Waals surface area (Å²) < 4.78 is 11.4. The highest BCUT2D eigenvalue weighted by molar-refractivity contribution is 5.91. The Hall–Kier alpha value is -1.98. The molecule has 2 heterocycles. The van der Waals surface area contributed by atoms with Crippen LogP contribution < -0.4 is 0 Å². The third-order valence-corrected chi connectivity index (χ3v) is 4.66. The molecule has 1 N–H and O–H groups in total. The van der Waals surface area contributed by atoms with Crippen molar-refractivity contribution in [3.05, 3.63) is 47.6 Å². The Morgan fingerprint density at radius 1 is 1.15 bits per heavy atom. The third kappa shape index (κ3) is 8.06. The van der Waals surface area contributed by atoms with Gasteiger partial charge < -0.3 is 14.6 Å². The number of ketones is 1. The zero-order chi connectivity index (χ0) is 19.6. The summed E-state index contributed by atoms with van der Waals surface area (Å²) in [6.45, 7) is 3.58. The summed E-state index contributed by atoms with van der Waals surface area (Å²) in [5.41, 5.74) is 1.89. The Bertz CT molecular complexity index is 641. The molecule has 1 fully saturated rings. The molecule has 148 valence electrons. The van der Waals surface area contributed by atoms with Crippen molar-refractivity contribution < 1.29 is 24.2 Å². The first-order valence-corrected chi connectivity index (χ1v) is 9.63. The second-order valence-electron chi connectivity index (χ2n) is 7.34. The molecule has 3 atom stereocenters. The molecule has 0 spiro atoms. The first kappa shape index (κ1) is 21.3. The number of hydrogen-bond donors (Lipinski definition) is 1. The number of carbonyl (C=O) groups excluding carboxylic acids is 2. The first-order chi connectivity index (χ1) is 13.0. The van der Waals surface area contributed by atoms with Crippen molar-refractivity contribution in [2.24, 2.45) is 0 Å². The van der Waals surface area contributed by atoms with E-state index in [1.165, 1.54) is 6.08 Å². The fourth-order valence-electron chi connectivity index (χ4n) is 3.35. The monoisotopic (exact) mass is 374 g/mol. The number of aliphatic hydroxyl groups is 1. The van der Waals surface area contributed by atoms with E-state index in [2.05, 4.69) is 6.08 Å². The SMILES string of the molecule is C/C1=C\C=C\C(=O)OC(CO)C/C(C)=C/[C@H]2CCC[C@@H](C/C=C/C(=O)C1)O2. The third-order valence-electron chi connectivity index (χ3n) is 4.66. The molecule has 27 heavy (non-hydrogen) atoms. The number of fused-ring (bicyclic) bond motifs is 2. The maximum atomic E-state index is 12.0. The van der Waals surface area contributed by atoms with E-state index in [0.717, 1.165) is 36.8 Å². The van der Waals surface area contributed by atoms with E-state index in [9.17, 15) is 14.7 Å². The minimum Gasteiger partial charge on any atom is -0.456 e. The Morgan fingerprint density at radius 3 is 2.74 bits per heavy atom. The molecule has 2 aliphatic heterocycles. The van der Waals surface area contributed by atoms with Crippen LogP contribution in [-0.4, -0.2) is 41.8 Å². The van der Waals surface area contributed by atoms with Gasteiger partial charge in [-0.2, -0.15) is 0 Å². The topological polar surface area (TPSA) is 72.8 Å². The Kier molecular flexibility index (Phi) is 8.69. The second-order valence-corrected chi connectivity index (χ2v) is 7.34. The molecule has 5 nitrogen and oxygen atoms in total. The highest BCUT2D eigenvalue weighted by atomic mass is 16.5. The number of allylic oxidation sites excluding steroid dienone is 4. The lowest BCUT2D eigenvalue weighted by molar-refractivity contribution is -0.144. The molecule has 0 saturated carbocycles. The van der Waals surface area contributed by atoms with E-state index in [1.54, 1.807) is 18.2 Å². The van der Waals surface area contributed by atoms with E-state index in [-0.39, 0.29) is 24.6 Å². The largest absolute Gasteiger partial charge is 0.456 e. The molecule has 0 amide bonds. The van der Waals surface area contributed by atoms with Gasteiger partial charge in [0.1, 0.15) is 6.10 Å². The zero-order valence-electron chi connectivity index (χ0n) is 16.2. The highest BCUT2D eigenvalue weighted by Crippen LogP contribution is 2.24. The van der Waals surface area contributed by atoms with Crippen LogP contribution in [0.25, 0.3) is 0 Å². The fourth-order valence-corrected chi connectivity index (χ4v) is 3.35. The summed E-state index contributed by atoms with van der Waals surface area (Å²) in [4.78, 5) is 24.0. The van der Waals surface area contributed by atoms with Gasteiger partial charge in [0, 0.05) is 18.9 Å². The van der Waals surface area contributed by atoms with Gasteiger partial charge in [0.05, 0.1) is 18.8 Å². The van der Waals surface area contributed by atoms with Crippen LogP contribution >= 0.6 is 0 Å². The van der Waals surface area contributed by atoms with Gasteiger partial charge in [-0.3, -0.25) is 4.79 Å². The van der Waals surface area contributed by atoms with Crippen molar-refractivity contribution in [3.8, 4) is 0 Å². The van der Waals surface area contributed by atoms with Crippen LogP contribution in [0.4, 0.5) is 0 Å². The minimum absolute atomic E-state index is 0.0202. The van der Waals surface area contributed by atoms with Gasteiger partial charge in [0.25, 0.3) is 0 Å². The quantitative estimate of drug-likeness (QED) is 0.561. The minimum atomic E-state index is -0.578. The molecule has 2 bridgehead atoms. The molecule has 0 aromatic rings. The number of carbonyl (C=O) groups is 2. The summed E-state index contributed by atoms with van der Waals surface area (Å²) in [5, 5.41) is 9.51. The van der Waals surface area contributed by atoms with E-state index >= 15 is 0 Å². The van der Waals surface area contributed by atoms with Crippen LogP contribution in [0.1, 0.15) is 52.4 Å². The van der Waals surface area contributed by atoms with Gasteiger partial charge in [-0.15, -0.1) is 0 Å². The Balaban J connectivity index is 2.16. The van der Waals surface area contributed by atoms with Crippen molar-refractivity contribution in [1.82, 2.24) is 0 Å². The molecular weight excluding hydrogens is 344 g/mol. The molecule has 2 rings (SSSR count). The van der Waals surface area contributed by atoms with Gasteiger partial charge >= 0.3 is 5.97 Å². The van der Waals surface area contributed by atoms with E-state index in [4.69, 9.17) is 9.47 Å². The Morgan fingerprint density at radius 2 is 1.96 bits per heavy atom. The summed E-state index contributed by atoms with van der Waals surface area (Å²) in [5.74, 6) is -0.475. The molecule has 5 heteroatoms. The van der Waals surface area contributed by atoms with Crippen molar-refractivity contribution in [2.45, 2.75) is 70.7 Å². The number of cyclic esters (lactones) is 1. The molecule has 1 saturated heterocycles. The van der Waals surface area contributed by atoms with Crippen LogP contribution in [0.15, 0.2) is 47.6 Å². The molecule has 0 aromatic heterocycles. The predicted molar refractivity (Wildman–Crippen MR) is 104 cm³/mol. The number of esters is 1. The van der Waals surface area contributed by atoms with Crippen molar-refractivity contribution in [2.75, 3.05) is 6.61 Å². The van der Waals surface area contributed by atoms with Gasteiger partial charge in [0.15, 0.2) is 5.78 Å². The van der Waals surface area contributed by atoms with Crippen LogP contribution in [0.5, 0.6) is 0 Å². The standard InChI is InChI=1S/C22H30O5/c1-16-6-3-11-22(25)27-21(15-23)14-17(2)13-20-10-5-9-19(26-20)8-4-7-18(24)12-16/h3-4,6-7,11,13,19-21,23H,5,8-10,12,14-15H2,1-2H3/b7-4+,11-3+,16-6+,17-13+/t19-,20-,21?/m1/s1. The van der Waals surface area contributed by atoms with E-state index in [0.29, 0.717) is 12.8 Å². The van der Waals surface area contributed by atoms with Gasteiger partial charge in [-0.05, 0) is 45.6 Å². The molecule has 2 aliphatic rings. The maximum Gasteiger partial charge on any atom is 0.331 e. The van der Waals surface area contributed by atoms with Gasteiger partial charge in [0.2, 0.25) is 0 Å². The summed E-state index contributed by atoms with van der Waals surface area (Å²) >= 11 is 0. The molecular formula is C22H30O5. The smallest absolute Gasteiger partial charge is 0.331 e. The molecule has 0 radical (unpaired) electrons. The average Bonchev–Trinajstić information content (AvgIpc) is 2.60. The van der Waals surface area contributed by atoms with Gasteiger partial charge in [-0.25, -0.2) is 4.79 Å². The second kappa shape index (κ2) is 11.0. The van der Waals surface area contributed by atoms with Crippen molar-refractivity contribution >= 4 is 11.8 Å². The zero-order valence-corrected chi connectivity index (χ0v) is 16.2. The molecule has 0 aliphatic carbocycles. The molecule has 0 aromatic carbocycles. The summed E-state index contributed by atoms with van der Waals surface area (Å²) in [7, 11) is 0. The van der Waals surface area contributed by atoms with Gasteiger partial charge in [-0.1, -0.05) is 35.5 Å². The summed E-state index contributed by atoms with van der Waals surface area (Å²) in [6, 6.07) is 0. The summed E-state index contributed by atoms with van der Waals surface area (Å²) in [6.07, 6.45) is 14.3. The van der Waals surface area contributed by atoms with E-state index in [1.807, 2.05) is 19.9 Å². The van der Waals surface area contributed by atoms with Crippen LogP contribution in [0.2, 0.25) is 0 Å². The highest BCUT2D eigenvalue weighted by Gasteiger charge is 2.21. The first-order valence-electron chi connectivity index (χ1n) is 9.63.